The second-order valence-electron chi connectivity index (χ2n) is 5.75. The van der Waals surface area contributed by atoms with Gasteiger partial charge in [0.2, 0.25) is 11.8 Å². The molecule has 0 aliphatic carbocycles. The van der Waals surface area contributed by atoms with Gasteiger partial charge in [-0.25, -0.2) is 0 Å². The van der Waals surface area contributed by atoms with Crippen LogP contribution in [0.25, 0.3) is 0 Å². The summed E-state index contributed by atoms with van der Waals surface area (Å²) in [5, 5.41) is 10.7. The van der Waals surface area contributed by atoms with Crippen molar-refractivity contribution in [3.8, 4) is 0 Å². The first-order chi connectivity index (χ1) is 9.93. The third kappa shape index (κ3) is 12.6. The lowest BCUT2D eigenvalue weighted by Gasteiger charge is -2.17. The summed E-state index contributed by atoms with van der Waals surface area (Å²) in [5.74, 6) is -0.533. The number of nitrogens with two attached hydrogens (primary N) is 2. The predicted molar refractivity (Wildman–Crippen MR) is 89.5 cm³/mol. The first kappa shape index (κ1) is 23.2. The zero-order valence-electron chi connectivity index (χ0n) is 14.0. The Morgan fingerprint density at radius 2 is 1.82 bits per heavy atom. The van der Waals surface area contributed by atoms with Gasteiger partial charge in [0, 0.05) is 6.92 Å². The van der Waals surface area contributed by atoms with Crippen LogP contribution in [0.15, 0.2) is 0 Å². The van der Waals surface area contributed by atoms with Crippen LogP contribution in [0.4, 0.5) is 0 Å². The van der Waals surface area contributed by atoms with E-state index < -0.39 is 23.5 Å². The lowest BCUT2D eigenvalue weighted by molar-refractivity contribution is -0.142. The topological polar surface area (TPSA) is 136 Å². The number of carboxylic acids is 1. The molecule has 0 rings (SSSR count). The van der Waals surface area contributed by atoms with Gasteiger partial charge in [-0.2, -0.15) is 11.8 Å². The molecule has 0 fully saturated rings. The Balaban J connectivity index is 0. The van der Waals surface area contributed by atoms with Gasteiger partial charge in [0.05, 0.1) is 6.04 Å². The summed E-state index contributed by atoms with van der Waals surface area (Å²) in [6, 6.07) is -0.575. The number of amides is 2. The Morgan fingerprint density at radius 1 is 1.32 bits per heavy atom. The van der Waals surface area contributed by atoms with Gasteiger partial charge >= 0.3 is 5.97 Å². The van der Waals surface area contributed by atoms with Crippen molar-refractivity contribution >= 4 is 29.5 Å². The van der Waals surface area contributed by atoms with E-state index in [-0.39, 0.29) is 5.91 Å². The molecule has 0 aromatic carbocycles. The number of carbonyl (C=O) groups excluding carboxylic acids is 2. The SMILES string of the molecule is CC(=O)NC(=O)[C@@H](N)CC(C)C.CSCC[C@](C)(N)C(=O)O. The number of carboxylic acid groups (broad SMARTS) is 1. The molecule has 0 spiro atoms. The third-order valence-electron chi connectivity index (χ3n) is 2.68. The normalized spacial score (nSPS) is 14.4. The molecule has 0 aliphatic rings. The Kier molecular flexibility index (Phi) is 12.0. The van der Waals surface area contributed by atoms with Crippen molar-refractivity contribution in [2.75, 3.05) is 12.0 Å². The molecule has 0 radical (unpaired) electrons. The van der Waals surface area contributed by atoms with Crippen LogP contribution < -0.4 is 16.8 Å². The summed E-state index contributed by atoms with van der Waals surface area (Å²) in [7, 11) is 0. The van der Waals surface area contributed by atoms with Gasteiger partial charge in [0.25, 0.3) is 0 Å². The summed E-state index contributed by atoms with van der Waals surface area (Å²) >= 11 is 1.60. The van der Waals surface area contributed by atoms with Gasteiger partial charge in [-0.3, -0.25) is 19.7 Å². The van der Waals surface area contributed by atoms with E-state index in [0.29, 0.717) is 18.8 Å². The summed E-state index contributed by atoms with van der Waals surface area (Å²) in [4.78, 5) is 31.9. The Labute approximate surface area is 136 Å². The molecule has 6 N–H and O–H groups in total. The fourth-order valence-electron chi connectivity index (χ4n) is 1.30. The van der Waals surface area contributed by atoms with Gasteiger partial charge in [0.1, 0.15) is 5.54 Å². The lowest BCUT2D eigenvalue weighted by Crippen LogP contribution is -2.45. The average Bonchev–Trinajstić information content (AvgIpc) is 2.35. The maximum absolute atomic E-state index is 11.0. The Morgan fingerprint density at radius 3 is 2.14 bits per heavy atom. The molecule has 22 heavy (non-hydrogen) atoms. The molecule has 0 aromatic rings. The van der Waals surface area contributed by atoms with E-state index in [9.17, 15) is 14.4 Å². The molecule has 7 nitrogen and oxygen atoms in total. The van der Waals surface area contributed by atoms with Crippen LogP contribution in [0, 0.1) is 5.92 Å². The van der Waals surface area contributed by atoms with E-state index in [4.69, 9.17) is 16.6 Å². The second kappa shape index (κ2) is 11.4. The summed E-state index contributed by atoms with van der Waals surface area (Å²) in [6.45, 7) is 6.77. The number of imide groups is 1. The van der Waals surface area contributed by atoms with Crippen molar-refractivity contribution in [2.45, 2.75) is 52.1 Å². The van der Waals surface area contributed by atoms with Crippen LogP contribution in [0.5, 0.6) is 0 Å². The highest BCUT2D eigenvalue weighted by molar-refractivity contribution is 7.98. The number of carbonyl (C=O) groups is 3. The van der Waals surface area contributed by atoms with E-state index in [1.165, 1.54) is 13.8 Å². The molecule has 8 heteroatoms. The smallest absolute Gasteiger partial charge is 0.323 e. The fraction of sp³-hybridized carbons (Fsp3) is 0.786. The highest BCUT2D eigenvalue weighted by atomic mass is 32.2. The largest absolute Gasteiger partial charge is 0.480 e. The third-order valence-corrected chi connectivity index (χ3v) is 3.29. The minimum atomic E-state index is -1.05. The zero-order chi connectivity index (χ0) is 17.9. The molecule has 0 heterocycles. The molecule has 0 aromatic heterocycles. The van der Waals surface area contributed by atoms with Gasteiger partial charge < -0.3 is 16.6 Å². The van der Waals surface area contributed by atoms with Crippen LogP contribution in [0.3, 0.4) is 0 Å². The van der Waals surface area contributed by atoms with E-state index in [2.05, 4.69) is 5.32 Å². The monoisotopic (exact) mass is 335 g/mol. The molecular weight excluding hydrogens is 306 g/mol. The molecule has 130 valence electrons. The summed E-state index contributed by atoms with van der Waals surface area (Å²) in [5.41, 5.74) is 9.88. The van der Waals surface area contributed by atoms with Gasteiger partial charge in [-0.05, 0) is 37.7 Å². The number of rotatable bonds is 7. The van der Waals surface area contributed by atoms with Crippen LogP contribution in [0.1, 0.15) is 40.5 Å². The van der Waals surface area contributed by atoms with E-state index in [1.807, 2.05) is 20.1 Å². The summed E-state index contributed by atoms with van der Waals surface area (Å²) in [6.07, 6.45) is 3.04. The molecule has 0 bridgehead atoms. The van der Waals surface area contributed by atoms with E-state index >= 15 is 0 Å². The van der Waals surface area contributed by atoms with Gasteiger partial charge in [-0.1, -0.05) is 13.8 Å². The first-order valence-corrected chi connectivity index (χ1v) is 8.41. The van der Waals surface area contributed by atoms with Crippen molar-refractivity contribution in [3.05, 3.63) is 0 Å². The molecule has 0 saturated carbocycles. The first-order valence-electron chi connectivity index (χ1n) is 7.02. The van der Waals surface area contributed by atoms with Crippen molar-refractivity contribution in [3.63, 3.8) is 0 Å². The lowest BCUT2D eigenvalue weighted by atomic mass is 10.0. The number of hydrogen-bond donors (Lipinski definition) is 4. The van der Waals surface area contributed by atoms with Crippen molar-refractivity contribution < 1.29 is 19.5 Å². The van der Waals surface area contributed by atoms with Crippen LogP contribution in [-0.4, -0.2) is 46.5 Å². The maximum Gasteiger partial charge on any atom is 0.323 e. The highest BCUT2D eigenvalue weighted by Crippen LogP contribution is 2.09. The molecule has 2 amide bonds. The minimum Gasteiger partial charge on any atom is -0.480 e. The molecule has 0 aliphatic heterocycles. The van der Waals surface area contributed by atoms with Crippen molar-refractivity contribution in [1.29, 1.82) is 0 Å². The van der Waals surface area contributed by atoms with E-state index in [1.54, 1.807) is 11.8 Å². The zero-order valence-corrected chi connectivity index (χ0v) is 14.8. The highest BCUT2D eigenvalue weighted by Gasteiger charge is 2.26. The molecule has 2 atom stereocenters. The fourth-order valence-corrected chi connectivity index (χ4v) is 1.93. The predicted octanol–water partition coefficient (Wildman–Crippen LogP) is 0.564. The molecular formula is C14H29N3O4S. The average molecular weight is 335 g/mol. The number of nitrogens with one attached hydrogen (secondary N) is 1. The number of thioether (sulfide) groups is 1. The Hall–Kier alpha value is -1.12. The van der Waals surface area contributed by atoms with Crippen LogP contribution >= 0.6 is 11.8 Å². The number of hydrogen-bond acceptors (Lipinski definition) is 6. The van der Waals surface area contributed by atoms with Crippen molar-refractivity contribution in [1.82, 2.24) is 5.32 Å². The quantitative estimate of drug-likeness (QED) is 0.534. The Bertz CT molecular complexity index is 373. The molecule has 0 saturated heterocycles. The number of aliphatic carboxylic acids is 1. The van der Waals surface area contributed by atoms with Crippen LogP contribution in [0.2, 0.25) is 0 Å². The summed E-state index contributed by atoms with van der Waals surface area (Å²) < 4.78 is 0. The van der Waals surface area contributed by atoms with Crippen molar-refractivity contribution in [2.24, 2.45) is 17.4 Å². The van der Waals surface area contributed by atoms with Crippen LogP contribution in [-0.2, 0) is 14.4 Å². The minimum absolute atomic E-state index is 0.359. The van der Waals surface area contributed by atoms with E-state index in [0.717, 1.165) is 5.75 Å². The van der Waals surface area contributed by atoms with Gasteiger partial charge in [-0.15, -0.1) is 0 Å². The van der Waals surface area contributed by atoms with Gasteiger partial charge in [0.15, 0.2) is 0 Å². The standard InChI is InChI=1S/C8H16N2O2.C6H13NO2S/c1-5(2)4-7(9)8(12)10-6(3)11;1-6(7,5(8)9)3-4-10-2/h5,7H,4,9H2,1-3H3,(H,10,11,12);3-4,7H2,1-2H3,(H,8,9)/t7-;6-/m00/s1. The molecule has 0 unspecified atom stereocenters. The second-order valence-corrected chi connectivity index (χ2v) is 6.73. The maximum atomic E-state index is 11.0.